The first-order chi connectivity index (χ1) is 12.7. The largest absolute Gasteiger partial charge is 0.290 e. The summed E-state index contributed by atoms with van der Waals surface area (Å²) in [5.74, 6) is 0.898. The highest BCUT2D eigenvalue weighted by atomic mass is 16.1. The molecule has 0 amide bonds. The maximum absolute atomic E-state index is 12.6. The molecule has 1 aliphatic rings. The van der Waals surface area contributed by atoms with Crippen molar-refractivity contribution in [3.8, 4) is 11.4 Å². The van der Waals surface area contributed by atoms with Crippen molar-refractivity contribution in [2.45, 2.75) is 13.5 Å². The number of aryl methyl sites for hydroxylation is 1. The van der Waals surface area contributed by atoms with E-state index < -0.39 is 0 Å². The fourth-order valence-electron chi connectivity index (χ4n) is 3.05. The normalized spacial score (nSPS) is 13.7. The molecule has 3 heterocycles. The van der Waals surface area contributed by atoms with Gasteiger partial charge in [-0.25, -0.2) is 9.67 Å². The van der Waals surface area contributed by atoms with E-state index in [2.05, 4.69) is 30.5 Å². The van der Waals surface area contributed by atoms with Crippen LogP contribution in [0.5, 0.6) is 0 Å². The van der Waals surface area contributed by atoms with E-state index in [1.807, 2.05) is 49.4 Å². The summed E-state index contributed by atoms with van der Waals surface area (Å²) >= 11 is 0. The SMILES string of the molecule is Cc1ccccc1-c1nc2n(n1)CC(=O)C(c1ccc3nn[nH]c3c1)=N2. The molecule has 0 radical (unpaired) electrons. The molecule has 0 unspecified atom stereocenters. The van der Waals surface area contributed by atoms with E-state index in [1.165, 1.54) is 0 Å². The summed E-state index contributed by atoms with van der Waals surface area (Å²) < 4.78 is 1.55. The summed E-state index contributed by atoms with van der Waals surface area (Å²) in [7, 11) is 0. The molecule has 1 N–H and O–H groups in total. The molecule has 0 fully saturated rings. The van der Waals surface area contributed by atoms with Crippen LogP contribution in [0.1, 0.15) is 11.1 Å². The van der Waals surface area contributed by atoms with Gasteiger partial charge in [-0.1, -0.05) is 35.5 Å². The minimum Gasteiger partial charge on any atom is -0.290 e. The molecular weight excluding hydrogens is 330 g/mol. The van der Waals surface area contributed by atoms with Crippen molar-refractivity contribution in [3.63, 3.8) is 0 Å². The summed E-state index contributed by atoms with van der Waals surface area (Å²) in [6.45, 7) is 2.12. The number of nitrogens with zero attached hydrogens (tertiary/aromatic N) is 6. The van der Waals surface area contributed by atoms with Crippen molar-refractivity contribution in [2.24, 2.45) is 4.99 Å². The number of carbonyl (C=O) groups is 1. The molecule has 0 saturated heterocycles. The monoisotopic (exact) mass is 343 g/mol. The van der Waals surface area contributed by atoms with Gasteiger partial charge >= 0.3 is 0 Å². The summed E-state index contributed by atoms with van der Waals surface area (Å²) in [5.41, 5.74) is 4.58. The average molecular weight is 343 g/mol. The van der Waals surface area contributed by atoms with Gasteiger partial charge in [0, 0.05) is 11.1 Å². The number of benzene rings is 2. The van der Waals surface area contributed by atoms with E-state index >= 15 is 0 Å². The zero-order valence-electron chi connectivity index (χ0n) is 13.8. The summed E-state index contributed by atoms with van der Waals surface area (Å²) in [4.78, 5) is 21.6. The second-order valence-corrected chi connectivity index (χ2v) is 6.14. The quantitative estimate of drug-likeness (QED) is 0.601. The molecule has 0 bridgehead atoms. The Hall–Kier alpha value is -3.68. The predicted octanol–water partition coefficient (Wildman–Crippen LogP) is 2.23. The Morgan fingerprint density at radius 1 is 1.15 bits per heavy atom. The number of nitrogens with one attached hydrogen (secondary N) is 1. The lowest BCUT2D eigenvalue weighted by Gasteiger charge is -2.11. The standard InChI is InChI=1S/C18H13N7O/c1-10-4-2-3-5-12(10)17-20-18-19-16(15(26)9-25(18)23-17)11-6-7-13-14(8-11)22-24-21-13/h2-8H,9H2,1H3,(H,21,22,24). The molecule has 8 nitrogen and oxygen atoms in total. The molecule has 2 aromatic carbocycles. The van der Waals surface area contributed by atoms with Gasteiger partial charge in [-0.3, -0.25) is 9.89 Å². The number of aromatic amines is 1. The van der Waals surface area contributed by atoms with Crippen LogP contribution < -0.4 is 0 Å². The fraction of sp³-hybridized carbons (Fsp3) is 0.111. The van der Waals surface area contributed by atoms with Gasteiger partial charge in [-0.2, -0.15) is 4.98 Å². The Morgan fingerprint density at radius 3 is 2.92 bits per heavy atom. The third kappa shape index (κ3) is 2.23. The highest BCUT2D eigenvalue weighted by Crippen LogP contribution is 2.25. The summed E-state index contributed by atoms with van der Waals surface area (Å²) in [5, 5.41) is 15.0. The van der Waals surface area contributed by atoms with Crippen LogP contribution in [0.15, 0.2) is 47.5 Å². The molecule has 2 aromatic heterocycles. The first-order valence-electron chi connectivity index (χ1n) is 8.13. The van der Waals surface area contributed by atoms with Crippen LogP contribution in [-0.2, 0) is 11.3 Å². The predicted molar refractivity (Wildman–Crippen MR) is 95.3 cm³/mol. The van der Waals surface area contributed by atoms with Crippen molar-refractivity contribution in [2.75, 3.05) is 0 Å². The van der Waals surface area contributed by atoms with Crippen molar-refractivity contribution < 1.29 is 4.79 Å². The van der Waals surface area contributed by atoms with Crippen LogP contribution in [0, 0.1) is 6.92 Å². The number of ketones is 1. The topological polar surface area (TPSA) is 102 Å². The van der Waals surface area contributed by atoms with Crippen molar-refractivity contribution >= 4 is 28.5 Å². The fourth-order valence-corrected chi connectivity index (χ4v) is 3.05. The Labute approximate surface area is 147 Å². The number of fused-ring (bicyclic) bond motifs is 2. The molecule has 5 rings (SSSR count). The van der Waals surface area contributed by atoms with E-state index in [0.29, 0.717) is 23.0 Å². The average Bonchev–Trinajstić information content (AvgIpc) is 3.26. The molecule has 8 heteroatoms. The van der Waals surface area contributed by atoms with E-state index in [-0.39, 0.29) is 12.3 Å². The third-order valence-electron chi connectivity index (χ3n) is 4.41. The van der Waals surface area contributed by atoms with Gasteiger partial charge in [0.1, 0.15) is 17.8 Å². The van der Waals surface area contributed by atoms with Crippen LogP contribution in [0.2, 0.25) is 0 Å². The number of aliphatic imine (C=N–C) groups is 1. The summed E-state index contributed by atoms with van der Waals surface area (Å²) in [6, 6.07) is 13.3. The smallest absolute Gasteiger partial charge is 0.249 e. The van der Waals surface area contributed by atoms with Crippen LogP contribution in [-0.4, -0.2) is 41.7 Å². The lowest BCUT2D eigenvalue weighted by Crippen LogP contribution is -2.25. The molecule has 0 aliphatic carbocycles. The van der Waals surface area contributed by atoms with Crippen LogP contribution >= 0.6 is 0 Å². The van der Waals surface area contributed by atoms with E-state index in [9.17, 15) is 4.79 Å². The van der Waals surface area contributed by atoms with E-state index in [1.54, 1.807) is 4.68 Å². The summed E-state index contributed by atoms with van der Waals surface area (Å²) in [6.07, 6.45) is 0. The molecule has 4 aromatic rings. The Balaban J connectivity index is 1.61. The Bertz CT molecular complexity index is 1200. The zero-order chi connectivity index (χ0) is 17.7. The number of hydrogen-bond donors (Lipinski definition) is 1. The van der Waals surface area contributed by atoms with Crippen molar-refractivity contribution in [1.82, 2.24) is 30.2 Å². The Kier molecular flexibility index (Phi) is 3.05. The first kappa shape index (κ1) is 14.6. The van der Waals surface area contributed by atoms with Gasteiger partial charge in [0.15, 0.2) is 5.82 Å². The minimum absolute atomic E-state index is 0.106. The van der Waals surface area contributed by atoms with Gasteiger partial charge in [0.2, 0.25) is 11.7 Å². The van der Waals surface area contributed by atoms with Crippen LogP contribution in [0.3, 0.4) is 0 Å². The number of Topliss-reactive ketones (excluding diaryl/α,β-unsaturated/α-hetero) is 1. The van der Waals surface area contributed by atoms with Gasteiger partial charge in [-0.15, -0.1) is 10.2 Å². The Morgan fingerprint density at radius 2 is 2.04 bits per heavy atom. The molecule has 26 heavy (non-hydrogen) atoms. The minimum atomic E-state index is -0.106. The lowest BCUT2D eigenvalue weighted by atomic mass is 10.0. The van der Waals surface area contributed by atoms with E-state index in [0.717, 1.165) is 22.2 Å². The molecule has 126 valence electrons. The van der Waals surface area contributed by atoms with Crippen LogP contribution in [0.25, 0.3) is 22.4 Å². The maximum Gasteiger partial charge on any atom is 0.249 e. The highest BCUT2D eigenvalue weighted by molar-refractivity contribution is 6.47. The molecular formula is C18H13N7O. The molecule has 0 spiro atoms. The van der Waals surface area contributed by atoms with Crippen molar-refractivity contribution in [3.05, 3.63) is 53.6 Å². The first-order valence-corrected chi connectivity index (χ1v) is 8.13. The maximum atomic E-state index is 12.6. The number of aromatic nitrogens is 6. The molecule has 1 aliphatic heterocycles. The van der Waals surface area contributed by atoms with Gasteiger partial charge in [0.25, 0.3) is 0 Å². The number of hydrogen-bond acceptors (Lipinski definition) is 6. The van der Waals surface area contributed by atoms with Gasteiger partial charge in [0.05, 0.1) is 5.52 Å². The number of rotatable bonds is 2. The van der Waals surface area contributed by atoms with Crippen LogP contribution in [0.4, 0.5) is 5.95 Å². The van der Waals surface area contributed by atoms with Gasteiger partial charge in [-0.05, 0) is 24.6 Å². The molecule has 0 saturated carbocycles. The zero-order valence-corrected chi connectivity index (χ0v) is 13.8. The lowest BCUT2D eigenvalue weighted by molar-refractivity contribution is -0.113. The highest BCUT2D eigenvalue weighted by Gasteiger charge is 2.25. The number of carbonyl (C=O) groups excluding carboxylic acids is 1. The second-order valence-electron chi connectivity index (χ2n) is 6.14. The van der Waals surface area contributed by atoms with Crippen molar-refractivity contribution in [1.29, 1.82) is 0 Å². The van der Waals surface area contributed by atoms with Gasteiger partial charge < -0.3 is 0 Å². The third-order valence-corrected chi connectivity index (χ3v) is 4.41. The second kappa shape index (κ2) is 5.41. The molecule has 0 atom stereocenters. The number of H-pyrrole nitrogens is 1. The van der Waals surface area contributed by atoms with E-state index in [4.69, 9.17) is 0 Å².